The van der Waals surface area contributed by atoms with E-state index in [1.54, 1.807) is 0 Å². The molecule has 0 spiro atoms. The summed E-state index contributed by atoms with van der Waals surface area (Å²) in [6, 6.07) is 0.934. The van der Waals surface area contributed by atoms with E-state index in [9.17, 15) is 0 Å². The zero-order valence-corrected chi connectivity index (χ0v) is 13.4. The van der Waals surface area contributed by atoms with Gasteiger partial charge in [-0.25, -0.2) is 0 Å². The topological polar surface area (TPSA) is 38.5 Å². The van der Waals surface area contributed by atoms with Crippen LogP contribution in [0.25, 0.3) is 0 Å². The summed E-state index contributed by atoms with van der Waals surface area (Å²) in [6.07, 6.45) is 13.6. The van der Waals surface area contributed by atoms with Gasteiger partial charge in [-0.3, -0.25) is 4.90 Å². The Kier molecular flexibility index (Phi) is 7.32. The molecular weight excluding hydrogens is 248 g/mol. The molecule has 0 aromatic rings. The van der Waals surface area contributed by atoms with Gasteiger partial charge in [0.25, 0.3) is 0 Å². The predicted molar refractivity (Wildman–Crippen MR) is 84.9 cm³/mol. The Labute approximate surface area is 125 Å². The lowest BCUT2D eigenvalue weighted by atomic mass is 10.0. The highest BCUT2D eigenvalue weighted by Gasteiger charge is 2.34. The fourth-order valence-corrected chi connectivity index (χ4v) is 3.62. The van der Waals surface area contributed by atoms with Crippen molar-refractivity contribution >= 4 is 0 Å². The SMILES string of the molecule is CCCCCCCCCC(N)C1CN2CCCC2CO1. The second-order valence-electron chi connectivity index (χ2n) is 6.74. The largest absolute Gasteiger partial charge is 0.374 e. The Morgan fingerprint density at radius 3 is 2.70 bits per heavy atom. The summed E-state index contributed by atoms with van der Waals surface area (Å²) < 4.78 is 6.00. The van der Waals surface area contributed by atoms with Crippen LogP contribution >= 0.6 is 0 Å². The van der Waals surface area contributed by atoms with Gasteiger partial charge in [0.15, 0.2) is 0 Å². The van der Waals surface area contributed by atoms with Crippen LogP contribution in [0, 0.1) is 0 Å². The van der Waals surface area contributed by atoms with Crippen molar-refractivity contribution in [3.05, 3.63) is 0 Å². The summed E-state index contributed by atoms with van der Waals surface area (Å²) >= 11 is 0. The van der Waals surface area contributed by atoms with Gasteiger partial charge in [-0.2, -0.15) is 0 Å². The normalized spacial score (nSPS) is 28.5. The summed E-state index contributed by atoms with van der Waals surface area (Å²) in [6.45, 7) is 5.51. The Bertz CT molecular complexity index is 259. The second kappa shape index (κ2) is 9.01. The van der Waals surface area contributed by atoms with Gasteiger partial charge >= 0.3 is 0 Å². The van der Waals surface area contributed by atoms with E-state index < -0.39 is 0 Å². The molecule has 0 aromatic carbocycles. The van der Waals surface area contributed by atoms with Crippen molar-refractivity contribution in [2.75, 3.05) is 19.7 Å². The monoisotopic (exact) mass is 282 g/mol. The van der Waals surface area contributed by atoms with Gasteiger partial charge in [0.2, 0.25) is 0 Å². The lowest BCUT2D eigenvalue weighted by Gasteiger charge is -2.37. The molecule has 3 atom stereocenters. The van der Waals surface area contributed by atoms with Gasteiger partial charge in [-0.15, -0.1) is 0 Å². The van der Waals surface area contributed by atoms with Crippen molar-refractivity contribution in [1.82, 2.24) is 4.90 Å². The number of morpholine rings is 1. The number of ether oxygens (including phenoxy) is 1. The average molecular weight is 282 g/mol. The molecule has 2 rings (SSSR count). The minimum absolute atomic E-state index is 0.243. The van der Waals surface area contributed by atoms with Crippen LogP contribution in [0.1, 0.15) is 71.1 Å². The predicted octanol–water partition coefficient (Wildman–Crippen LogP) is 3.32. The summed E-state index contributed by atoms with van der Waals surface area (Å²) in [5.41, 5.74) is 6.34. The molecule has 0 radical (unpaired) electrons. The smallest absolute Gasteiger partial charge is 0.0853 e. The molecule has 2 aliphatic heterocycles. The Balaban J connectivity index is 1.52. The van der Waals surface area contributed by atoms with Crippen molar-refractivity contribution in [1.29, 1.82) is 0 Å². The fourth-order valence-electron chi connectivity index (χ4n) is 3.62. The molecule has 2 N–H and O–H groups in total. The molecule has 0 bridgehead atoms. The van der Waals surface area contributed by atoms with Crippen LogP contribution in [0.3, 0.4) is 0 Å². The first-order valence-corrected chi connectivity index (χ1v) is 8.92. The molecular formula is C17H34N2O. The lowest BCUT2D eigenvalue weighted by Crippen LogP contribution is -2.52. The number of nitrogens with two attached hydrogens (primary N) is 1. The summed E-state index contributed by atoms with van der Waals surface area (Å²) in [5, 5.41) is 0. The van der Waals surface area contributed by atoms with Gasteiger partial charge in [0, 0.05) is 18.6 Å². The zero-order chi connectivity index (χ0) is 14.2. The summed E-state index contributed by atoms with van der Waals surface area (Å²) in [5.74, 6) is 0. The quantitative estimate of drug-likeness (QED) is 0.659. The number of hydrogen-bond donors (Lipinski definition) is 1. The van der Waals surface area contributed by atoms with Crippen LogP contribution in [0.15, 0.2) is 0 Å². The molecule has 20 heavy (non-hydrogen) atoms. The first-order valence-electron chi connectivity index (χ1n) is 8.92. The second-order valence-corrected chi connectivity index (χ2v) is 6.74. The highest BCUT2D eigenvalue weighted by Crippen LogP contribution is 2.24. The molecule has 0 saturated carbocycles. The van der Waals surface area contributed by atoms with Crippen LogP contribution < -0.4 is 5.73 Å². The Morgan fingerprint density at radius 2 is 1.90 bits per heavy atom. The maximum Gasteiger partial charge on any atom is 0.0853 e. The van der Waals surface area contributed by atoms with Crippen LogP contribution in [0.4, 0.5) is 0 Å². The molecule has 0 aliphatic carbocycles. The highest BCUT2D eigenvalue weighted by atomic mass is 16.5. The third-order valence-electron chi connectivity index (χ3n) is 5.03. The Morgan fingerprint density at radius 1 is 1.15 bits per heavy atom. The van der Waals surface area contributed by atoms with Crippen molar-refractivity contribution in [3.63, 3.8) is 0 Å². The standard InChI is InChI=1S/C17H34N2O/c1-2-3-4-5-6-7-8-11-16(18)17-13-19-12-9-10-15(19)14-20-17/h15-17H,2-14,18H2,1H3. The van der Waals surface area contributed by atoms with E-state index in [1.165, 1.54) is 64.3 Å². The molecule has 2 heterocycles. The third-order valence-corrected chi connectivity index (χ3v) is 5.03. The van der Waals surface area contributed by atoms with Gasteiger partial charge in [0.1, 0.15) is 0 Å². The molecule has 2 aliphatic rings. The highest BCUT2D eigenvalue weighted by molar-refractivity contribution is 4.88. The molecule has 2 saturated heterocycles. The van der Waals surface area contributed by atoms with E-state index in [-0.39, 0.29) is 12.1 Å². The van der Waals surface area contributed by atoms with Crippen molar-refractivity contribution < 1.29 is 4.74 Å². The van der Waals surface area contributed by atoms with Crippen LogP contribution in [-0.4, -0.2) is 42.8 Å². The molecule has 2 fully saturated rings. The van der Waals surface area contributed by atoms with E-state index in [0.717, 1.165) is 19.6 Å². The number of hydrogen-bond acceptors (Lipinski definition) is 3. The first-order chi connectivity index (χ1) is 9.81. The zero-order valence-electron chi connectivity index (χ0n) is 13.4. The summed E-state index contributed by atoms with van der Waals surface area (Å²) in [4.78, 5) is 2.60. The van der Waals surface area contributed by atoms with Gasteiger partial charge in [-0.1, -0.05) is 51.9 Å². The number of fused-ring (bicyclic) bond motifs is 1. The maximum atomic E-state index is 6.34. The molecule has 118 valence electrons. The minimum Gasteiger partial charge on any atom is -0.374 e. The lowest BCUT2D eigenvalue weighted by molar-refractivity contribution is -0.0602. The van der Waals surface area contributed by atoms with Crippen LogP contribution in [0.2, 0.25) is 0 Å². The maximum absolute atomic E-state index is 6.34. The summed E-state index contributed by atoms with van der Waals surface area (Å²) in [7, 11) is 0. The van der Waals surface area contributed by atoms with Crippen molar-refractivity contribution in [3.8, 4) is 0 Å². The molecule has 3 nitrogen and oxygen atoms in total. The van der Waals surface area contributed by atoms with E-state index in [2.05, 4.69) is 11.8 Å². The molecule has 3 heteroatoms. The number of unbranched alkanes of at least 4 members (excludes halogenated alkanes) is 6. The van der Waals surface area contributed by atoms with Gasteiger partial charge < -0.3 is 10.5 Å². The fraction of sp³-hybridized carbons (Fsp3) is 1.00. The van der Waals surface area contributed by atoms with E-state index >= 15 is 0 Å². The Hall–Kier alpha value is -0.120. The number of nitrogens with zero attached hydrogens (tertiary/aromatic N) is 1. The van der Waals surface area contributed by atoms with E-state index in [1.807, 2.05) is 0 Å². The number of rotatable bonds is 9. The average Bonchev–Trinajstić information content (AvgIpc) is 2.93. The molecule has 3 unspecified atom stereocenters. The van der Waals surface area contributed by atoms with E-state index in [0.29, 0.717) is 6.04 Å². The first kappa shape index (κ1) is 16.3. The van der Waals surface area contributed by atoms with E-state index in [4.69, 9.17) is 10.5 Å². The van der Waals surface area contributed by atoms with Crippen LogP contribution in [0.5, 0.6) is 0 Å². The minimum atomic E-state index is 0.243. The van der Waals surface area contributed by atoms with Gasteiger partial charge in [0.05, 0.1) is 12.7 Å². The molecule has 0 aromatic heterocycles. The van der Waals surface area contributed by atoms with Crippen LogP contribution in [-0.2, 0) is 4.74 Å². The third kappa shape index (κ3) is 5.01. The van der Waals surface area contributed by atoms with Crippen molar-refractivity contribution in [2.24, 2.45) is 5.73 Å². The van der Waals surface area contributed by atoms with Gasteiger partial charge in [-0.05, 0) is 25.8 Å². The van der Waals surface area contributed by atoms with Crippen molar-refractivity contribution in [2.45, 2.75) is 89.3 Å². The molecule has 0 amide bonds.